The quantitative estimate of drug-likeness (QED) is 0.771. The number of hydrogen-bond acceptors (Lipinski definition) is 2. The highest BCUT2D eigenvalue weighted by molar-refractivity contribution is 4.95. The van der Waals surface area contributed by atoms with Gasteiger partial charge < -0.3 is 10.3 Å². The first-order valence-corrected chi connectivity index (χ1v) is 5.57. The molecule has 2 N–H and O–H groups in total. The van der Waals surface area contributed by atoms with Crippen LogP contribution in [0.5, 0.6) is 0 Å². The highest BCUT2D eigenvalue weighted by Crippen LogP contribution is 2.32. The molecule has 0 spiro atoms. The van der Waals surface area contributed by atoms with Gasteiger partial charge in [-0.1, -0.05) is 6.92 Å². The Hall–Kier alpha value is -0.830. The summed E-state index contributed by atoms with van der Waals surface area (Å²) in [5.41, 5.74) is 6.09. The summed E-state index contributed by atoms with van der Waals surface area (Å²) >= 11 is 0. The first-order chi connectivity index (χ1) is 6.81. The molecule has 1 aliphatic carbocycles. The standard InChI is InChI=1S/C11H19N3/c1-2-3-11-13-6-7-14(11)8-10(12)9-4-5-9/h6-7,9-10H,2-5,8,12H2,1H3. The van der Waals surface area contributed by atoms with Crippen LogP contribution >= 0.6 is 0 Å². The molecule has 0 aliphatic heterocycles. The molecular weight excluding hydrogens is 174 g/mol. The molecule has 1 aliphatic rings. The van der Waals surface area contributed by atoms with Crippen molar-refractivity contribution in [1.29, 1.82) is 0 Å². The molecule has 0 radical (unpaired) electrons. The minimum atomic E-state index is 0.333. The SMILES string of the molecule is CCCc1nccn1CC(N)C1CC1. The Morgan fingerprint density at radius 1 is 1.64 bits per heavy atom. The molecule has 1 atom stereocenters. The van der Waals surface area contributed by atoms with E-state index in [9.17, 15) is 0 Å². The largest absolute Gasteiger partial charge is 0.333 e. The number of nitrogens with two attached hydrogens (primary N) is 1. The maximum absolute atomic E-state index is 6.09. The van der Waals surface area contributed by atoms with Gasteiger partial charge in [0, 0.05) is 31.4 Å². The number of rotatable bonds is 5. The van der Waals surface area contributed by atoms with E-state index in [1.807, 2.05) is 12.4 Å². The first kappa shape index (κ1) is 9.71. The summed E-state index contributed by atoms with van der Waals surface area (Å²) < 4.78 is 2.21. The molecule has 1 heterocycles. The van der Waals surface area contributed by atoms with Crippen molar-refractivity contribution in [2.45, 2.75) is 45.2 Å². The molecule has 1 unspecified atom stereocenters. The van der Waals surface area contributed by atoms with Gasteiger partial charge in [0.15, 0.2) is 0 Å². The fourth-order valence-corrected chi connectivity index (χ4v) is 1.86. The normalized spacial score (nSPS) is 18.4. The van der Waals surface area contributed by atoms with Crippen LogP contribution in [0.15, 0.2) is 12.4 Å². The van der Waals surface area contributed by atoms with Gasteiger partial charge in [-0.05, 0) is 25.2 Å². The molecule has 3 nitrogen and oxygen atoms in total. The number of aromatic nitrogens is 2. The van der Waals surface area contributed by atoms with E-state index in [4.69, 9.17) is 5.73 Å². The van der Waals surface area contributed by atoms with Crippen molar-refractivity contribution >= 4 is 0 Å². The van der Waals surface area contributed by atoms with Gasteiger partial charge in [-0.25, -0.2) is 4.98 Å². The number of imidazole rings is 1. The Kier molecular flexibility index (Phi) is 2.87. The van der Waals surface area contributed by atoms with Crippen LogP contribution in [0.25, 0.3) is 0 Å². The minimum absolute atomic E-state index is 0.333. The Morgan fingerprint density at radius 2 is 2.43 bits per heavy atom. The van der Waals surface area contributed by atoms with Crippen molar-refractivity contribution < 1.29 is 0 Å². The third-order valence-corrected chi connectivity index (χ3v) is 2.91. The van der Waals surface area contributed by atoms with Gasteiger partial charge >= 0.3 is 0 Å². The zero-order chi connectivity index (χ0) is 9.97. The first-order valence-electron chi connectivity index (χ1n) is 5.57. The summed E-state index contributed by atoms with van der Waals surface area (Å²) in [6, 6.07) is 0.333. The zero-order valence-corrected chi connectivity index (χ0v) is 8.82. The van der Waals surface area contributed by atoms with Gasteiger partial charge in [-0.2, -0.15) is 0 Å². The van der Waals surface area contributed by atoms with E-state index in [0.717, 1.165) is 25.3 Å². The fourth-order valence-electron chi connectivity index (χ4n) is 1.86. The van der Waals surface area contributed by atoms with Crippen molar-refractivity contribution in [3.63, 3.8) is 0 Å². The lowest BCUT2D eigenvalue weighted by Gasteiger charge is -2.13. The topological polar surface area (TPSA) is 43.8 Å². The molecule has 1 fully saturated rings. The lowest BCUT2D eigenvalue weighted by molar-refractivity contribution is 0.489. The molecule has 78 valence electrons. The van der Waals surface area contributed by atoms with E-state index in [-0.39, 0.29) is 0 Å². The lowest BCUT2D eigenvalue weighted by Crippen LogP contribution is -2.28. The van der Waals surface area contributed by atoms with Crippen molar-refractivity contribution in [2.24, 2.45) is 11.7 Å². The van der Waals surface area contributed by atoms with E-state index < -0.39 is 0 Å². The molecule has 2 rings (SSSR count). The van der Waals surface area contributed by atoms with Crippen LogP contribution in [0.3, 0.4) is 0 Å². The molecule has 1 aromatic heterocycles. The predicted molar refractivity (Wildman–Crippen MR) is 56.9 cm³/mol. The summed E-state index contributed by atoms with van der Waals surface area (Å²) in [5.74, 6) is 1.95. The van der Waals surface area contributed by atoms with Gasteiger partial charge in [0.05, 0.1) is 0 Å². The van der Waals surface area contributed by atoms with Crippen LogP contribution < -0.4 is 5.73 Å². The van der Waals surface area contributed by atoms with Crippen molar-refractivity contribution in [1.82, 2.24) is 9.55 Å². The second-order valence-electron chi connectivity index (χ2n) is 4.25. The van der Waals surface area contributed by atoms with Crippen molar-refractivity contribution in [3.05, 3.63) is 18.2 Å². The number of aryl methyl sites for hydroxylation is 1. The van der Waals surface area contributed by atoms with E-state index in [2.05, 4.69) is 16.5 Å². The van der Waals surface area contributed by atoms with Crippen LogP contribution in [0.4, 0.5) is 0 Å². The third-order valence-electron chi connectivity index (χ3n) is 2.91. The molecule has 14 heavy (non-hydrogen) atoms. The Labute approximate surface area is 85.3 Å². The molecule has 1 saturated carbocycles. The average Bonchev–Trinajstić information content (AvgIpc) is 2.93. The van der Waals surface area contributed by atoms with Gasteiger partial charge in [0.1, 0.15) is 5.82 Å². The summed E-state index contributed by atoms with van der Waals surface area (Å²) in [7, 11) is 0. The maximum Gasteiger partial charge on any atom is 0.108 e. The smallest absolute Gasteiger partial charge is 0.108 e. The van der Waals surface area contributed by atoms with Crippen LogP contribution in [0.1, 0.15) is 32.0 Å². The molecule has 1 aromatic rings. The molecule has 3 heteroatoms. The van der Waals surface area contributed by atoms with Crippen LogP contribution in [-0.2, 0) is 13.0 Å². The second kappa shape index (κ2) is 4.13. The minimum Gasteiger partial charge on any atom is -0.333 e. The van der Waals surface area contributed by atoms with E-state index >= 15 is 0 Å². The van der Waals surface area contributed by atoms with Crippen LogP contribution in [0, 0.1) is 5.92 Å². The number of hydrogen-bond donors (Lipinski definition) is 1. The molecule has 0 bridgehead atoms. The van der Waals surface area contributed by atoms with Gasteiger partial charge in [-0.15, -0.1) is 0 Å². The van der Waals surface area contributed by atoms with Crippen molar-refractivity contribution in [3.8, 4) is 0 Å². The molecule has 0 saturated heterocycles. The monoisotopic (exact) mass is 193 g/mol. The Morgan fingerprint density at radius 3 is 3.07 bits per heavy atom. The lowest BCUT2D eigenvalue weighted by atomic mass is 10.2. The third kappa shape index (κ3) is 2.15. The fraction of sp³-hybridized carbons (Fsp3) is 0.727. The highest BCUT2D eigenvalue weighted by Gasteiger charge is 2.28. The Balaban J connectivity index is 1.96. The van der Waals surface area contributed by atoms with Crippen molar-refractivity contribution in [2.75, 3.05) is 0 Å². The van der Waals surface area contributed by atoms with Crippen LogP contribution in [0.2, 0.25) is 0 Å². The Bertz CT molecular complexity index is 288. The molecular formula is C11H19N3. The summed E-state index contributed by atoms with van der Waals surface area (Å²) in [6.07, 6.45) is 8.77. The highest BCUT2D eigenvalue weighted by atomic mass is 15.1. The maximum atomic E-state index is 6.09. The van der Waals surface area contributed by atoms with Gasteiger partial charge in [0.2, 0.25) is 0 Å². The molecule has 0 amide bonds. The predicted octanol–water partition coefficient (Wildman–Crippen LogP) is 1.57. The van der Waals surface area contributed by atoms with E-state index in [1.54, 1.807) is 0 Å². The van der Waals surface area contributed by atoms with Gasteiger partial charge in [-0.3, -0.25) is 0 Å². The molecule has 0 aromatic carbocycles. The average molecular weight is 193 g/mol. The summed E-state index contributed by atoms with van der Waals surface area (Å²) in [6.45, 7) is 3.12. The second-order valence-corrected chi connectivity index (χ2v) is 4.25. The van der Waals surface area contributed by atoms with Crippen LogP contribution in [-0.4, -0.2) is 15.6 Å². The van der Waals surface area contributed by atoms with E-state index in [1.165, 1.54) is 18.7 Å². The number of nitrogens with zero attached hydrogens (tertiary/aromatic N) is 2. The summed E-state index contributed by atoms with van der Waals surface area (Å²) in [4.78, 5) is 4.35. The van der Waals surface area contributed by atoms with E-state index in [0.29, 0.717) is 6.04 Å². The summed E-state index contributed by atoms with van der Waals surface area (Å²) in [5, 5.41) is 0. The van der Waals surface area contributed by atoms with Gasteiger partial charge in [0.25, 0.3) is 0 Å². The zero-order valence-electron chi connectivity index (χ0n) is 8.82.